The number of rotatable bonds is 38. The average molecular weight is 845 g/mol. The zero-order valence-corrected chi connectivity index (χ0v) is 36.7. The van der Waals surface area contributed by atoms with Crippen LogP contribution in [0.3, 0.4) is 0 Å². The number of aliphatic hydroxyl groups is 3. The predicted octanol–water partition coefficient (Wildman–Crippen LogP) is 9.19. The molecule has 0 amide bonds. The molecular weight excluding hydrogens is 765 g/mol. The highest BCUT2D eigenvalue weighted by Crippen LogP contribution is 2.26. The summed E-state index contributed by atoms with van der Waals surface area (Å²) in [6.45, 7) is 3.82. The highest BCUT2D eigenvalue weighted by molar-refractivity contribution is 7.80. The Morgan fingerprint density at radius 1 is 0.672 bits per heavy atom. The van der Waals surface area contributed by atoms with Crippen LogP contribution in [0.5, 0.6) is 0 Å². The lowest BCUT2D eigenvalue weighted by atomic mass is 9.99. The summed E-state index contributed by atoms with van der Waals surface area (Å²) in [6, 6.07) is 0. The second-order valence-corrected chi connectivity index (χ2v) is 16.3. The summed E-state index contributed by atoms with van der Waals surface area (Å²) >= 11 is 0. The highest BCUT2D eigenvalue weighted by Gasteiger charge is 2.48. The number of hydrogen-bond donors (Lipinski definition) is 4. The van der Waals surface area contributed by atoms with Crippen molar-refractivity contribution in [2.24, 2.45) is 0 Å². The zero-order chi connectivity index (χ0) is 42.5. The molecule has 0 aromatic rings. The van der Waals surface area contributed by atoms with E-state index in [1.54, 1.807) is 0 Å². The van der Waals surface area contributed by atoms with E-state index < -0.39 is 59.8 Å². The summed E-state index contributed by atoms with van der Waals surface area (Å²) in [5.41, 5.74) is 0. The molecule has 0 aliphatic carbocycles. The Balaban J connectivity index is 2.46. The molecule has 0 aromatic carbocycles. The fraction of sp³-hybridized carbons (Fsp3) is 0.800. The van der Waals surface area contributed by atoms with Crippen LogP contribution in [-0.4, -0.2) is 97.5 Å². The quantitative estimate of drug-likeness (QED) is 0.0201. The van der Waals surface area contributed by atoms with Gasteiger partial charge in [-0.2, -0.15) is 8.42 Å². The van der Waals surface area contributed by atoms with Gasteiger partial charge >= 0.3 is 16.4 Å². The number of aliphatic hydroxyl groups excluding tert-OH is 3. The van der Waals surface area contributed by atoms with E-state index in [-0.39, 0.29) is 19.6 Å². The molecule has 0 spiro atoms. The van der Waals surface area contributed by atoms with Crippen molar-refractivity contribution in [3.63, 3.8) is 0 Å². The Hall–Kier alpha value is -1.94. The van der Waals surface area contributed by atoms with Gasteiger partial charge in [0.25, 0.3) is 0 Å². The molecule has 1 aliphatic rings. The van der Waals surface area contributed by atoms with Crippen molar-refractivity contribution in [3.05, 3.63) is 48.6 Å². The summed E-state index contributed by atoms with van der Waals surface area (Å²) < 4.78 is 59.0. The molecule has 1 rings (SSSR count). The Labute approximate surface area is 351 Å². The van der Waals surface area contributed by atoms with E-state index in [1.165, 1.54) is 51.4 Å². The Morgan fingerprint density at radius 3 is 1.76 bits per heavy atom. The molecule has 1 fully saturated rings. The minimum Gasteiger partial charge on any atom is -0.457 e. The monoisotopic (exact) mass is 845 g/mol. The number of ether oxygens (including phenoxy) is 4. The van der Waals surface area contributed by atoms with E-state index in [2.05, 4.69) is 66.6 Å². The number of esters is 1. The van der Waals surface area contributed by atoms with Crippen molar-refractivity contribution in [3.8, 4) is 0 Å². The van der Waals surface area contributed by atoms with E-state index in [0.29, 0.717) is 13.0 Å². The van der Waals surface area contributed by atoms with Crippen LogP contribution in [0.2, 0.25) is 0 Å². The minimum atomic E-state index is -5.06. The molecule has 0 radical (unpaired) electrons. The minimum absolute atomic E-state index is 0.0227. The van der Waals surface area contributed by atoms with Gasteiger partial charge in [0.2, 0.25) is 0 Å². The van der Waals surface area contributed by atoms with Gasteiger partial charge in [-0.25, -0.2) is 4.18 Å². The SMILES string of the molecule is CC/C=C\C/C=C\C/C=C\CCCCCCCCOCC(COC1OC(CO)C(O)C(OS(=O)(=O)O)C1O)OC(=O)CCCCCCC/C=C\CCCCCCCC. The van der Waals surface area contributed by atoms with Crippen molar-refractivity contribution in [1.82, 2.24) is 0 Å². The standard InChI is InChI=1S/C45H80O12S/c1-3-5-7-9-11-13-15-17-19-21-23-25-27-29-31-33-35-53-37-39(38-54-45-43(49)44(57-58(50,51)52)42(48)40(36-46)56-45)55-41(47)34-32-30-28-26-24-22-20-18-16-14-12-10-8-6-4-2/h5,7,11,13,17-20,39-40,42-46,48-49H,3-4,6,8-10,12,14-16,21-38H2,1-2H3,(H,50,51,52)/b7-5-,13-11-,19-17-,20-18-. The molecule has 0 aromatic heterocycles. The molecule has 6 atom stereocenters. The maximum atomic E-state index is 12.8. The Kier molecular flexibility index (Phi) is 34.4. The summed E-state index contributed by atoms with van der Waals surface area (Å²) in [6.07, 6.45) is 34.3. The van der Waals surface area contributed by atoms with Gasteiger partial charge in [-0.05, 0) is 70.6 Å². The highest BCUT2D eigenvalue weighted by atomic mass is 32.3. The smallest absolute Gasteiger partial charge is 0.397 e. The van der Waals surface area contributed by atoms with Gasteiger partial charge in [0.05, 0.1) is 19.8 Å². The van der Waals surface area contributed by atoms with Gasteiger partial charge in [0.15, 0.2) is 6.29 Å². The summed E-state index contributed by atoms with van der Waals surface area (Å²) in [5, 5.41) is 30.6. The molecule has 4 N–H and O–H groups in total. The molecule has 12 nitrogen and oxygen atoms in total. The number of allylic oxidation sites excluding steroid dienone is 8. The van der Waals surface area contributed by atoms with Crippen LogP contribution in [0.1, 0.15) is 168 Å². The first-order chi connectivity index (χ1) is 28.1. The van der Waals surface area contributed by atoms with Crippen LogP contribution in [0.4, 0.5) is 0 Å². The Morgan fingerprint density at radius 2 is 1.19 bits per heavy atom. The van der Waals surface area contributed by atoms with Crippen LogP contribution in [-0.2, 0) is 38.3 Å². The fourth-order valence-corrected chi connectivity index (χ4v) is 7.07. The lowest BCUT2D eigenvalue weighted by molar-refractivity contribution is -0.301. The topological polar surface area (TPSA) is 178 Å². The molecular formula is C45H80O12S. The largest absolute Gasteiger partial charge is 0.457 e. The first kappa shape index (κ1) is 54.1. The van der Waals surface area contributed by atoms with Crippen molar-refractivity contribution >= 4 is 16.4 Å². The van der Waals surface area contributed by atoms with Gasteiger partial charge in [0, 0.05) is 13.0 Å². The first-order valence-electron chi connectivity index (χ1n) is 22.4. The number of carbonyl (C=O) groups excluding carboxylic acids is 1. The zero-order valence-electron chi connectivity index (χ0n) is 35.8. The first-order valence-corrected chi connectivity index (χ1v) is 23.8. The third-order valence-electron chi connectivity index (χ3n) is 9.93. The average Bonchev–Trinajstić information content (AvgIpc) is 3.19. The van der Waals surface area contributed by atoms with Crippen LogP contribution in [0.25, 0.3) is 0 Å². The summed E-state index contributed by atoms with van der Waals surface area (Å²) in [5.74, 6) is -0.415. The van der Waals surface area contributed by atoms with E-state index in [0.717, 1.165) is 89.9 Å². The molecule has 1 aliphatic heterocycles. The number of hydrogen-bond acceptors (Lipinski definition) is 11. The van der Waals surface area contributed by atoms with Gasteiger partial charge < -0.3 is 34.3 Å². The lowest BCUT2D eigenvalue weighted by Gasteiger charge is -2.41. The normalized spacial score (nSPS) is 21.0. The third-order valence-corrected chi connectivity index (χ3v) is 10.4. The second-order valence-electron chi connectivity index (χ2n) is 15.3. The Bertz CT molecular complexity index is 1200. The van der Waals surface area contributed by atoms with Gasteiger partial charge in [-0.15, -0.1) is 0 Å². The molecule has 338 valence electrons. The van der Waals surface area contributed by atoms with Gasteiger partial charge in [-0.3, -0.25) is 9.35 Å². The third kappa shape index (κ3) is 30.1. The number of unbranched alkanes of at least 4 members (excludes halogenated alkanes) is 17. The van der Waals surface area contributed by atoms with Crippen molar-refractivity contribution < 1.29 is 56.2 Å². The van der Waals surface area contributed by atoms with Crippen molar-refractivity contribution in [1.29, 1.82) is 0 Å². The molecule has 6 unspecified atom stereocenters. The van der Waals surface area contributed by atoms with Crippen LogP contribution < -0.4 is 0 Å². The fourth-order valence-electron chi connectivity index (χ4n) is 6.56. The van der Waals surface area contributed by atoms with Crippen molar-refractivity contribution in [2.45, 2.75) is 205 Å². The van der Waals surface area contributed by atoms with E-state index >= 15 is 0 Å². The van der Waals surface area contributed by atoms with E-state index in [9.17, 15) is 28.5 Å². The van der Waals surface area contributed by atoms with Crippen molar-refractivity contribution in [2.75, 3.05) is 26.4 Å². The number of carbonyl (C=O) groups is 1. The predicted molar refractivity (Wildman–Crippen MR) is 230 cm³/mol. The van der Waals surface area contributed by atoms with Gasteiger partial charge in [-0.1, -0.05) is 140 Å². The lowest BCUT2D eigenvalue weighted by Crippen LogP contribution is -2.60. The van der Waals surface area contributed by atoms with Crippen LogP contribution in [0.15, 0.2) is 48.6 Å². The molecule has 1 saturated heterocycles. The summed E-state index contributed by atoms with van der Waals surface area (Å²) in [7, 11) is -5.06. The molecule has 0 bridgehead atoms. The molecule has 13 heteroatoms. The van der Waals surface area contributed by atoms with Gasteiger partial charge in [0.1, 0.15) is 30.5 Å². The maximum absolute atomic E-state index is 12.8. The second kappa shape index (κ2) is 36.9. The summed E-state index contributed by atoms with van der Waals surface area (Å²) in [4.78, 5) is 12.8. The van der Waals surface area contributed by atoms with E-state index in [1.807, 2.05) is 0 Å². The van der Waals surface area contributed by atoms with Crippen LogP contribution >= 0.6 is 0 Å². The van der Waals surface area contributed by atoms with Crippen LogP contribution in [0, 0.1) is 0 Å². The molecule has 58 heavy (non-hydrogen) atoms. The molecule has 0 saturated carbocycles. The maximum Gasteiger partial charge on any atom is 0.397 e. The molecule has 1 heterocycles. The van der Waals surface area contributed by atoms with E-state index in [4.69, 9.17) is 23.5 Å².